The Labute approximate surface area is 230 Å². The Hall–Kier alpha value is -3.69. The molecule has 2 aromatic carbocycles. The van der Waals surface area contributed by atoms with Crippen molar-refractivity contribution in [2.24, 2.45) is 5.41 Å². The first-order valence-electron chi connectivity index (χ1n) is 13.0. The lowest BCUT2D eigenvalue weighted by Gasteiger charge is -2.25. The topological polar surface area (TPSA) is 93.5 Å². The molecule has 0 unspecified atom stereocenters. The van der Waals surface area contributed by atoms with Gasteiger partial charge >= 0.3 is 0 Å². The molecule has 3 aromatic heterocycles. The summed E-state index contributed by atoms with van der Waals surface area (Å²) in [6, 6.07) is 10.4. The summed E-state index contributed by atoms with van der Waals surface area (Å²) in [6.45, 7) is 0. The van der Waals surface area contributed by atoms with Crippen LogP contribution >= 0.6 is 23.1 Å². The summed E-state index contributed by atoms with van der Waals surface area (Å²) in [6.07, 6.45) is 5.77. The van der Waals surface area contributed by atoms with Gasteiger partial charge in [0.15, 0.2) is 5.78 Å². The molecule has 2 aliphatic carbocycles. The van der Waals surface area contributed by atoms with E-state index in [0.717, 1.165) is 39.9 Å². The highest BCUT2D eigenvalue weighted by atomic mass is 35.5. The molecule has 0 saturated heterocycles. The first kappa shape index (κ1) is 23.2. The van der Waals surface area contributed by atoms with E-state index in [2.05, 4.69) is 19.6 Å². The lowest BCUT2D eigenvalue weighted by Crippen LogP contribution is -2.28. The van der Waals surface area contributed by atoms with E-state index in [9.17, 15) is 9.59 Å². The molecule has 0 radical (unpaired) electrons. The third-order valence-corrected chi connectivity index (χ3v) is 9.57. The molecule has 1 aliphatic heterocycles. The minimum Gasteiger partial charge on any atom is -0.340 e. The van der Waals surface area contributed by atoms with Gasteiger partial charge in [-0.2, -0.15) is 0 Å². The van der Waals surface area contributed by atoms with Crippen LogP contribution in [0.3, 0.4) is 0 Å². The fourth-order valence-electron chi connectivity index (χ4n) is 6.49. The molecule has 1 N–H and O–H groups in total. The van der Waals surface area contributed by atoms with Crippen molar-refractivity contribution in [1.82, 2.24) is 24.1 Å². The Bertz CT molecular complexity index is 1920. The number of imidazole rings is 1. The lowest BCUT2D eigenvalue weighted by atomic mass is 9.80. The lowest BCUT2D eigenvalue weighted by molar-refractivity contribution is 0.0953. The number of benzene rings is 2. The van der Waals surface area contributed by atoms with Crippen LogP contribution in [-0.4, -0.2) is 29.9 Å². The molecule has 3 aliphatic rings. The third-order valence-electron chi connectivity index (χ3n) is 8.58. The van der Waals surface area contributed by atoms with E-state index in [-0.39, 0.29) is 27.8 Å². The number of carbonyl (C=O) groups excluding carboxylic acids is 1. The molecule has 39 heavy (non-hydrogen) atoms. The van der Waals surface area contributed by atoms with Crippen molar-refractivity contribution in [2.45, 2.75) is 44.6 Å². The first-order chi connectivity index (χ1) is 18.9. The van der Waals surface area contributed by atoms with Gasteiger partial charge in [-0.05, 0) is 72.8 Å². The molecule has 4 heterocycles. The number of fused-ring (bicyclic) bond motifs is 6. The summed E-state index contributed by atoms with van der Waals surface area (Å²) in [5.41, 5.74) is 4.72. The first-order valence-corrected chi connectivity index (χ1v) is 14.1. The van der Waals surface area contributed by atoms with E-state index in [1.165, 1.54) is 17.6 Å². The van der Waals surface area contributed by atoms with Crippen molar-refractivity contribution in [3.8, 4) is 22.4 Å². The van der Waals surface area contributed by atoms with E-state index in [0.29, 0.717) is 53.9 Å². The Balaban J connectivity index is 1.27. The van der Waals surface area contributed by atoms with Crippen LogP contribution in [0.1, 0.15) is 59.2 Å². The normalized spacial score (nSPS) is 19.0. The predicted molar refractivity (Wildman–Crippen MR) is 147 cm³/mol. The number of hydrogen-bond acceptors (Lipinski definition) is 6. The minimum absolute atomic E-state index is 0.00854. The van der Waals surface area contributed by atoms with Crippen molar-refractivity contribution < 1.29 is 9.18 Å². The van der Waals surface area contributed by atoms with Gasteiger partial charge in [-0.25, -0.2) is 9.37 Å². The van der Waals surface area contributed by atoms with Crippen LogP contribution in [0.15, 0.2) is 47.4 Å². The number of pyridine rings is 1. The summed E-state index contributed by atoms with van der Waals surface area (Å²) in [4.78, 5) is 35.5. The molecule has 0 amide bonds. The molecule has 8 rings (SSSR count). The Morgan fingerprint density at radius 1 is 1.10 bits per heavy atom. The number of rotatable bonds is 2. The number of Topliss-reactive ketones (excluding diaryl/α,β-unsaturated/α-hetero) is 1. The van der Waals surface area contributed by atoms with Gasteiger partial charge in [0, 0.05) is 40.4 Å². The maximum Gasteiger partial charge on any atom is 0.252 e. The van der Waals surface area contributed by atoms with Gasteiger partial charge in [0.2, 0.25) is 0 Å². The highest BCUT2D eigenvalue weighted by Crippen LogP contribution is 2.55. The highest BCUT2D eigenvalue weighted by Gasteiger charge is 2.47. The maximum absolute atomic E-state index is 15.6. The predicted octanol–water partition coefficient (Wildman–Crippen LogP) is 6.15. The number of halogens is 2. The zero-order chi connectivity index (χ0) is 26.5. The Kier molecular flexibility index (Phi) is 4.86. The molecular formula is C29H21ClFN5O2S. The minimum atomic E-state index is -0.567. The number of aromatic amines is 1. The second-order valence-corrected chi connectivity index (χ2v) is 12.1. The van der Waals surface area contributed by atoms with E-state index >= 15 is 4.39 Å². The number of hydrogen-bond donors (Lipinski definition) is 1. The van der Waals surface area contributed by atoms with Gasteiger partial charge in [-0.15, -0.1) is 5.10 Å². The van der Waals surface area contributed by atoms with Gasteiger partial charge in [-0.1, -0.05) is 28.2 Å². The smallest absolute Gasteiger partial charge is 0.252 e. The van der Waals surface area contributed by atoms with Crippen LogP contribution < -0.4 is 5.56 Å². The summed E-state index contributed by atoms with van der Waals surface area (Å²) in [5.74, 6) is 0.0545. The molecule has 10 heteroatoms. The zero-order valence-corrected chi connectivity index (χ0v) is 22.2. The number of ketones is 1. The Morgan fingerprint density at radius 2 is 1.97 bits per heavy atom. The summed E-state index contributed by atoms with van der Waals surface area (Å²) in [5, 5.41) is 4.15. The standard InChI is InChI=1S/C29H21ClFN5O2S/c30-17-3-1-15-11-29(7-8-29)12-22(37)26-16(25(15)27(17)31)10-24(38)36-20(26)4-5-21(36)28-32-13-19(33-28)14-2-6-23-18(9-14)34-35-39-23/h1-3,6,9-10,13,21H,4-5,7-8,11-12H2,(H,32,33)/t21-/m0/s1. The largest absolute Gasteiger partial charge is 0.340 e. The molecular weight excluding hydrogens is 537 g/mol. The second kappa shape index (κ2) is 8.16. The maximum atomic E-state index is 15.6. The van der Waals surface area contributed by atoms with E-state index in [1.54, 1.807) is 16.8 Å². The number of H-pyrrole nitrogens is 1. The number of nitrogens with one attached hydrogen (secondary N) is 1. The monoisotopic (exact) mass is 557 g/mol. The van der Waals surface area contributed by atoms with E-state index in [1.807, 2.05) is 24.3 Å². The number of carbonyl (C=O) groups is 1. The van der Waals surface area contributed by atoms with Crippen LogP contribution in [0.25, 0.3) is 32.6 Å². The fourth-order valence-corrected chi connectivity index (χ4v) is 7.18. The fraction of sp³-hybridized carbons (Fsp3) is 0.276. The molecule has 7 nitrogen and oxygen atoms in total. The van der Waals surface area contributed by atoms with Crippen molar-refractivity contribution in [1.29, 1.82) is 0 Å². The Morgan fingerprint density at radius 3 is 2.82 bits per heavy atom. The van der Waals surface area contributed by atoms with Crippen LogP contribution in [0.5, 0.6) is 0 Å². The van der Waals surface area contributed by atoms with Gasteiger partial charge in [0.05, 0.1) is 27.7 Å². The number of aromatic nitrogens is 5. The SMILES string of the molecule is O=C1CC2(CC2)Cc2ccc(Cl)c(F)c2-c2cc(=O)n3c(c21)CC[C@H]3c1ncc(-c2ccc3snnc3c2)[nH]1. The van der Waals surface area contributed by atoms with Gasteiger partial charge in [0.1, 0.15) is 17.2 Å². The molecule has 1 fully saturated rings. The average Bonchev–Trinajstić information content (AvgIpc) is 3.31. The molecule has 1 atom stereocenters. The van der Waals surface area contributed by atoms with Crippen LogP contribution in [0, 0.1) is 11.2 Å². The van der Waals surface area contributed by atoms with Crippen molar-refractivity contribution in [3.63, 3.8) is 0 Å². The third kappa shape index (κ3) is 3.49. The van der Waals surface area contributed by atoms with Crippen LogP contribution in [-0.2, 0) is 12.8 Å². The van der Waals surface area contributed by atoms with Crippen LogP contribution in [0.2, 0.25) is 5.02 Å². The van der Waals surface area contributed by atoms with E-state index < -0.39 is 5.82 Å². The van der Waals surface area contributed by atoms with Gasteiger partial charge < -0.3 is 9.55 Å². The van der Waals surface area contributed by atoms with Gasteiger partial charge in [0.25, 0.3) is 5.56 Å². The van der Waals surface area contributed by atoms with Crippen molar-refractivity contribution in [2.75, 3.05) is 0 Å². The summed E-state index contributed by atoms with van der Waals surface area (Å²) >= 11 is 7.55. The second-order valence-electron chi connectivity index (χ2n) is 11.0. The number of nitrogens with zero attached hydrogens (tertiary/aromatic N) is 4. The molecule has 1 spiro atoms. The quantitative estimate of drug-likeness (QED) is 0.281. The summed E-state index contributed by atoms with van der Waals surface area (Å²) < 4.78 is 22.2. The van der Waals surface area contributed by atoms with Crippen LogP contribution in [0.4, 0.5) is 4.39 Å². The van der Waals surface area contributed by atoms with Gasteiger partial charge in [-0.3, -0.25) is 9.59 Å². The van der Waals surface area contributed by atoms with Crippen molar-refractivity contribution >= 4 is 39.1 Å². The average molecular weight is 558 g/mol. The molecule has 5 aromatic rings. The molecule has 0 bridgehead atoms. The molecule has 194 valence electrons. The zero-order valence-electron chi connectivity index (χ0n) is 20.6. The summed E-state index contributed by atoms with van der Waals surface area (Å²) in [7, 11) is 0. The van der Waals surface area contributed by atoms with Crippen molar-refractivity contribution in [3.05, 3.63) is 86.4 Å². The highest BCUT2D eigenvalue weighted by molar-refractivity contribution is 7.12. The van der Waals surface area contributed by atoms with E-state index in [4.69, 9.17) is 11.6 Å². The molecule has 1 saturated carbocycles.